The minimum atomic E-state index is 0.212. The van der Waals surface area contributed by atoms with Gasteiger partial charge in [0.15, 0.2) is 0 Å². The topological polar surface area (TPSA) is 76.8 Å². The summed E-state index contributed by atoms with van der Waals surface area (Å²) >= 11 is 0. The predicted octanol–water partition coefficient (Wildman–Crippen LogP) is 2.99. The van der Waals surface area contributed by atoms with Crippen LogP contribution in [-0.4, -0.2) is 31.6 Å². The van der Waals surface area contributed by atoms with Crippen LogP contribution >= 0.6 is 0 Å². The molecule has 0 spiro atoms. The molecule has 0 N–H and O–H groups in total. The van der Waals surface area contributed by atoms with Crippen molar-refractivity contribution >= 4 is 41.3 Å². The van der Waals surface area contributed by atoms with Crippen molar-refractivity contribution in [2.75, 3.05) is 0 Å². The highest BCUT2D eigenvalue weighted by Gasteiger charge is 2.18. The SMILES string of the molecule is C\C1=c2/cc(C3C\C=C/C=c4/ccnn/c4=C(\C)C3)nn/c2=C/C=C\CC(c2ccc3/c(n2)=C(/C)CCCC=N\C=3)C1. The van der Waals surface area contributed by atoms with E-state index in [1.165, 1.54) is 21.9 Å². The smallest absolute Gasteiger partial charge is 0.0929 e. The summed E-state index contributed by atoms with van der Waals surface area (Å²) < 4.78 is 0. The third kappa shape index (κ3) is 6.13. The van der Waals surface area contributed by atoms with E-state index in [1.807, 2.05) is 18.5 Å². The second-order valence-electron chi connectivity index (χ2n) is 11.7. The molecule has 2 atom stereocenters. The highest BCUT2D eigenvalue weighted by molar-refractivity contribution is 5.62. The molecule has 0 saturated carbocycles. The summed E-state index contributed by atoms with van der Waals surface area (Å²) in [4.78, 5) is 9.76. The molecular formula is C36H38N6. The van der Waals surface area contributed by atoms with Gasteiger partial charge >= 0.3 is 0 Å². The maximum Gasteiger partial charge on any atom is 0.0929 e. The summed E-state index contributed by atoms with van der Waals surface area (Å²) in [7, 11) is 0. The molecule has 2 aliphatic carbocycles. The van der Waals surface area contributed by atoms with E-state index in [0.29, 0.717) is 0 Å². The van der Waals surface area contributed by atoms with Gasteiger partial charge in [0.05, 0.1) is 27.9 Å². The van der Waals surface area contributed by atoms with E-state index in [0.717, 1.165) is 82.8 Å². The largest absolute Gasteiger partial charge is 0.268 e. The number of hydrogen-bond acceptors (Lipinski definition) is 6. The van der Waals surface area contributed by atoms with Gasteiger partial charge in [-0.2, -0.15) is 20.4 Å². The highest BCUT2D eigenvalue weighted by Crippen LogP contribution is 2.27. The molecule has 6 heteroatoms. The summed E-state index contributed by atoms with van der Waals surface area (Å²) in [5.74, 6) is 0.490. The van der Waals surface area contributed by atoms with E-state index in [2.05, 4.69) is 90.6 Å². The Bertz CT molecular complexity index is 1970. The van der Waals surface area contributed by atoms with Crippen molar-refractivity contribution in [2.24, 2.45) is 4.99 Å². The molecule has 2 unspecified atom stereocenters. The van der Waals surface area contributed by atoms with Gasteiger partial charge in [-0.15, -0.1) is 0 Å². The van der Waals surface area contributed by atoms with Gasteiger partial charge in [-0.3, -0.25) is 9.98 Å². The van der Waals surface area contributed by atoms with Crippen molar-refractivity contribution in [1.29, 1.82) is 0 Å². The first-order valence-corrected chi connectivity index (χ1v) is 15.1. The van der Waals surface area contributed by atoms with Crippen LogP contribution in [0.5, 0.6) is 0 Å². The van der Waals surface area contributed by atoms with Crippen LogP contribution in [0.1, 0.15) is 88.9 Å². The Hall–Kier alpha value is -4.32. The standard InChI is InChI=1S/C36H38N6/c1-24-10-8-9-18-37-23-30-15-16-32(39-35(24)30)28-12-6-7-14-33-31(25(2)20-28)22-34(41-40-33)29-13-5-4-11-27-17-19-38-42-36(27)26(3)21-29/h4-7,11,14-19,22-23,28-29H,8-10,12-13,20-21H2,1-3H3/b5-4-,7-6-,27-11-,30-23-,31-25-,33-14+,35-24+,36-26+,37-18?. The molecule has 0 bridgehead atoms. The molecule has 0 aromatic carbocycles. The Kier molecular flexibility index (Phi) is 8.40. The van der Waals surface area contributed by atoms with Gasteiger partial charge in [-0.1, -0.05) is 36.0 Å². The van der Waals surface area contributed by atoms with Crippen LogP contribution in [0, 0.1) is 0 Å². The fraction of sp³-hybridized carbons (Fsp3) is 0.333. The zero-order chi connectivity index (χ0) is 28.9. The summed E-state index contributed by atoms with van der Waals surface area (Å²) in [6.07, 6.45) is 25.4. The monoisotopic (exact) mass is 554 g/mol. The molecule has 1 aliphatic heterocycles. The number of pyridine rings is 1. The van der Waals surface area contributed by atoms with Crippen LogP contribution in [0.2, 0.25) is 0 Å². The Morgan fingerprint density at radius 2 is 1.55 bits per heavy atom. The molecule has 0 fully saturated rings. The molecule has 3 aliphatic rings. The maximum absolute atomic E-state index is 5.25. The van der Waals surface area contributed by atoms with Crippen molar-refractivity contribution in [3.63, 3.8) is 0 Å². The van der Waals surface area contributed by atoms with Gasteiger partial charge in [0.2, 0.25) is 0 Å². The lowest BCUT2D eigenvalue weighted by Gasteiger charge is -2.17. The lowest BCUT2D eigenvalue weighted by molar-refractivity contribution is 0.668. The van der Waals surface area contributed by atoms with Gasteiger partial charge in [0.1, 0.15) is 0 Å². The fourth-order valence-corrected chi connectivity index (χ4v) is 6.21. The highest BCUT2D eigenvalue weighted by atomic mass is 15.1. The lowest BCUT2D eigenvalue weighted by Crippen LogP contribution is -2.33. The Labute approximate surface area is 246 Å². The third-order valence-electron chi connectivity index (χ3n) is 8.60. The first-order chi connectivity index (χ1) is 20.6. The van der Waals surface area contributed by atoms with Crippen LogP contribution in [0.4, 0.5) is 0 Å². The number of hydrogen-bond donors (Lipinski definition) is 0. The summed E-state index contributed by atoms with van der Waals surface area (Å²) in [5, 5.41) is 24.5. The molecule has 0 radical (unpaired) electrons. The number of fused-ring (bicyclic) bond motifs is 3. The van der Waals surface area contributed by atoms with Gasteiger partial charge in [-0.05, 0) is 107 Å². The van der Waals surface area contributed by atoms with Gasteiger partial charge in [0, 0.05) is 45.6 Å². The van der Waals surface area contributed by atoms with E-state index in [9.17, 15) is 0 Å². The van der Waals surface area contributed by atoms with E-state index in [1.54, 1.807) is 6.20 Å². The van der Waals surface area contributed by atoms with E-state index >= 15 is 0 Å². The molecule has 212 valence electrons. The van der Waals surface area contributed by atoms with Crippen LogP contribution in [0.3, 0.4) is 0 Å². The molecule has 4 heterocycles. The number of nitrogens with zero attached hydrogens (tertiary/aromatic N) is 6. The third-order valence-corrected chi connectivity index (χ3v) is 8.60. The molecule has 3 aromatic heterocycles. The van der Waals surface area contributed by atoms with Crippen LogP contribution in [-0.2, 0) is 0 Å². The Morgan fingerprint density at radius 3 is 2.43 bits per heavy atom. The summed E-state index contributed by atoms with van der Waals surface area (Å²) in [6.45, 7) is 6.62. The lowest BCUT2D eigenvalue weighted by atomic mass is 9.90. The molecule has 0 saturated heterocycles. The van der Waals surface area contributed by atoms with E-state index in [-0.39, 0.29) is 11.8 Å². The second-order valence-corrected chi connectivity index (χ2v) is 11.7. The predicted molar refractivity (Wildman–Crippen MR) is 171 cm³/mol. The van der Waals surface area contributed by atoms with Crippen LogP contribution in [0.25, 0.3) is 35.1 Å². The minimum absolute atomic E-state index is 0.212. The zero-order valence-electron chi connectivity index (χ0n) is 24.8. The molecule has 0 amide bonds. The molecule has 6 nitrogen and oxygen atoms in total. The van der Waals surface area contributed by atoms with Crippen LogP contribution in [0.15, 0.2) is 59.8 Å². The summed E-state index contributed by atoms with van der Waals surface area (Å²) in [6, 6.07) is 8.69. The first-order valence-electron chi connectivity index (χ1n) is 15.1. The van der Waals surface area contributed by atoms with Gasteiger partial charge in [0.25, 0.3) is 0 Å². The van der Waals surface area contributed by atoms with Crippen molar-refractivity contribution < 1.29 is 0 Å². The zero-order valence-corrected chi connectivity index (χ0v) is 24.8. The average molecular weight is 555 g/mol. The van der Waals surface area contributed by atoms with E-state index < -0.39 is 0 Å². The minimum Gasteiger partial charge on any atom is -0.268 e. The molecule has 42 heavy (non-hydrogen) atoms. The Balaban J connectivity index is 1.39. The van der Waals surface area contributed by atoms with Crippen molar-refractivity contribution in [2.45, 2.75) is 77.6 Å². The quantitative estimate of drug-likeness (QED) is 0.487. The van der Waals surface area contributed by atoms with Crippen molar-refractivity contribution in [1.82, 2.24) is 25.4 Å². The first kappa shape index (κ1) is 27.8. The second kappa shape index (κ2) is 12.7. The molecular weight excluding hydrogens is 516 g/mol. The fourth-order valence-electron chi connectivity index (χ4n) is 6.21. The van der Waals surface area contributed by atoms with Crippen LogP contribution < -0.4 is 31.7 Å². The van der Waals surface area contributed by atoms with Gasteiger partial charge < -0.3 is 0 Å². The van der Waals surface area contributed by atoms with Crippen molar-refractivity contribution in [3.8, 4) is 0 Å². The normalized spacial score (nSPS) is 28.5. The number of rotatable bonds is 2. The number of allylic oxidation sites excluding steroid dienone is 4. The Morgan fingerprint density at radius 1 is 0.738 bits per heavy atom. The summed E-state index contributed by atoms with van der Waals surface area (Å²) in [5.41, 5.74) is 6.04. The number of aliphatic imine (C=N–C) groups is 1. The van der Waals surface area contributed by atoms with E-state index in [4.69, 9.17) is 15.2 Å². The average Bonchev–Trinajstić information content (AvgIpc) is 3.20. The van der Waals surface area contributed by atoms with Crippen molar-refractivity contribution in [3.05, 3.63) is 97.9 Å². The molecule has 3 aromatic rings. The van der Waals surface area contributed by atoms with Gasteiger partial charge in [-0.25, -0.2) is 0 Å². The number of aromatic nitrogens is 5. The maximum atomic E-state index is 5.25. The molecule has 6 rings (SSSR count).